The average Bonchev–Trinajstić information content (AvgIpc) is 3.06. The smallest absolute Gasteiger partial charge is 0.252 e. The lowest BCUT2D eigenvalue weighted by atomic mass is 10.1. The van der Waals surface area contributed by atoms with Gasteiger partial charge in [-0.3, -0.25) is 4.79 Å². The number of benzene rings is 1. The highest BCUT2D eigenvalue weighted by molar-refractivity contribution is 6.06. The molecule has 0 aliphatic heterocycles. The van der Waals surface area contributed by atoms with Crippen molar-refractivity contribution in [1.82, 2.24) is 15.3 Å². The van der Waals surface area contributed by atoms with Crippen LogP contribution in [0.25, 0.3) is 10.9 Å². The van der Waals surface area contributed by atoms with Crippen molar-refractivity contribution >= 4 is 16.8 Å². The van der Waals surface area contributed by atoms with Gasteiger partial charge in [-0.25, -0.2) is 4.98 Å². The summed E-state index contributed by atoms with van der Waals surface area (Å²) in [4.78, 5) is 19.6. The first-order valence-electron chi connectivity index (χ1n) is 6.44. The van der Waals surface area contributed by atoms with Crippen molar-refractivity contribution in [3.63, 3.8) is 0 Å². The Morgan fingerprint density at radius 2 is 2.25 bits per heavy atom. The van der Waals surface area contributed by atoms with Gasteiger partial charge >= 0.3 is 0 Å². The summed E-state index contributed by atoms with van der Waals surface area (Å²) in [5.41, 5.74) is 1.58. The fraction of sp³-hybridized carbons (Fsp3) is 0.200. The van der Waals surface area contributed by atoms with Crippen molar-refractivity contribution in [1.29, 1.82) is 0 Å². The van der Waals surface area contributed by atoms with Crippen molar-refractivity contribution in [2.24, 2.45) is 0 Å². The fourth-order valence-electron chi connectivity index (χ4n) is 2.19. The van der Waals surface area contributed by atoms with E-state index in [1.807, 2.05) is 38.2 Å². The molecule has 5 nitrogen and oxygen atoms in total. The molecule has 1 amide bonds. The Kier molecular flexibility index (Phi) is 3.02. The number of carbonyl (C=O) groups excluding carboxylic acids is 1. The zero-order chi connectivity index (χ0) is 14.1. The van der Waals surface area contributed by atoms with Crippen molar-refractivity contribution in [3.05, 3.63) is 53.9 Å². The van der Waals surface area contributed by atoms with Crippen LogP contribution >= 0.6 is 0 Å². The Morgan fingerprint density at radius 1 is 1.40 bits per heavy atom. The molecule has 5 heteroatoms. The number of hydrogen-bond acceptors (Lipinski definition) is 3. The molecule has 0 fully saturated rings. The molecule has 102 valence electrons. The lowest BCUT2D eigenvalue weighted by Crippen LogP contribution is -2.26. The molecule has 1 aromatic carbocycles. The highest BCUT2D eigenvalue weighted by Crippen LogP contribution is 2.19. The lowest BCUT2D eigenvalue weighted by Gasteiger charge is -2.11. The summed E-state index contributed by atoms with van der Waals surface area (Å²) in [6, 6.07) is 7.22. The van der Waals surface area contributed by atoms with Crippen LogP contribution in [0.1, 0.15) is 35.0 Å². The number of oxazole rings is 1. The van der Waals surface area contributed by atoms with E-state index in [1.165, 1.54) is 0 Å². The van der Waals surface area contributed by atoms with Gasteiger partial charge in [0.2, 0.25) is 5.89 Å². The second kappa shape index (κ2) is 4.85. The fourth-order valence-corrected chi connectivity index (χ4v) is 2.19. The molecule has 0 spiro atoms. The highest BCUT2D eigenvalue weighted by Gasteiger charge is 2.17. The van der Waals surface area contributed by atoms with Gasteiger partial charge in [0.25, 0.3) is 5.91 Å². The van der Waals surface area contributed by atoms with E-state index in [1.54, 1.807) is 12.3 Å². The third kappa shape index (κ3) is 2.18. The molecular weight excluding hydrogens is 254 g/mol. The Labute approximate surface area is 116 Å². The molecule has 0 aliphatic rings. The maximum Gasteiger partial charge on any atom is 0.252 e. The molecular formula is C15H15N3O2. The summed E-state index contributed by atoms with van der Waals surface area (Å²) in [6.07, 6.45) is 3.47. The van der Waals surface area contributed by atoms with Crippen LogP contribution in [-0.2, 0) is 0 Å². The van der Waals surface area contributed by atoms with Crippen LogP contribution < -0.4 is 5.32 Å². The van der Waals surface area contributed by atoms with E-state index in [9.17, 15) is 4.79 Å². The summed E-state index contributed by atoms with van der Waals surface area (Å²) in [6.45, 7) is 3.67. The first-order chi connectivity index (χ1) is 9.65. The normalized spacial score (nSPS) is 12.5. The minimum absolute atomic E-state index is 0.140. The minimum Gasteiger partial charge on any atom is -0.444 e. The third-order valence-electron chi connectivity index (χ3n) is 3.20. The predicted octanol–water partition coefficient (Wildman–Crippen LogP) is 2.96. The Hall–Kier alpha value is -2.56. The van der Waals surface area contributed by atoms with Crippen LogP contribution in [0.3, 0.4) is 0 Å². The van der Waals surface area contributed by atoms with Crippen LogP contribution in [0.4, 0.5) is 0 Å². The van der Waals surface area contributed by atoms with Gasteiger partial charge in [-0.1, -0.05) is 6.07 Å². The van der Waals surface area contributed by atoms with Crippen LogP contribution in [0, 0.1) is 6.92 Å². The molecule has 1 unspecified atom stereocenters. The molecule has 2 N–H and O–H groups in total. The molecule has 0 saturated heterocycles. The SMILES string of the molecule is Cc1cnc(C(C)NC(=O)c2cccc3[nH]ccc23)o1. The standard InChI is InChI=1S/C15H15N3O2/c1-9-8-17-15(20-9)10(2)18-14(19)12-4-3-5-13-11(12)6-7-16-13/h3-8,10,16H,1-2H3,(H,18,19). The van der Waals surface area contributed by atoms with E-state index in [4.69, 9.17) is 4.42 Å². The number of rotatable bonds is 3. The van der Waals surface area contributed by atoms with Crippen LogP contribution in [-0.4, -0.2) is 15.9 Å². The zero-order valence-electron chi connectivity index (χ0n) is 11.3. The Morgan fingerprint density at radius 3 is 3.00 bits per heavy atom. The monoisotopic (exact) mass is 269 g/mol. The van der Waals surface area contributed by atoms with Crippen molar-refractivity contribution in [3.8, 4) is 0 Å². The number of amides is 1. The summed E-state index contributed by atoms with van der Waals surface area (Å²) in [7, 11) is 0. The lowest BCUT2D eigenvalue weighted by molar-refractivity contribution is 0.0935. The maximum absolute atomic E-state index is 12.4. The molecule has 3 aromatic rings. The van der Waals surface area contributed by atoms with E-state index in [2.05, 4.69) is 15.3 Å². The largest absolute Gasteiger partial charge is 0.444 e. The zero-order valence-corrected chi connectivity index (χ0v) is 11.3. The molecule has 2 heterocycles. The first kappa shape index (κ1) is 12.5. The minimum atomic E-state index is -0.273. The van der Waals surface area contributed by atoms with E-state index < -0.39 is 0 Å². The highest BCUT2D eigenvalue weighted by atomic mass is 16.4. The topological polar surface area (TPSA) is 70.9 Å². The average molecular weight is 269 g/mol. The van der Waals surface area contributed by atoms with Gasteiger partial charge in [0, 0.05) is 22.7 Å². The van der Waals surface area contributed by atoms with Crippen molar-refractivity contribution in [2.75, 3.05) is 0 Å². The van der Waals surface area contributed by atoms with E-state index >= 15 is 0 Å². The summed E-state index contributed by atoms with van der Waals surface area (Å²) < 4.78 is 5.42. The van der Waals surface area contributed by atoms with Crippen molar-refractivity contribution < 1.29 is 9.21 Å². The molecule has 1 atom stereocenters. The molecule has 0 aliphatic carbocycles. The molecule has 0 bridgehead atoms. The number of aromatic amines is 1. The number of carbonyl (C=O) groups is 1. The van der Waals surface area contributed by atoms with Gasteiger partial charge in [0.15, 0.2) is 0 Å². The van der Waals surface area contributed by atoms with E-state index in [0.29, 0.717) is 11.5 Å². The quantitative estimate of drug-likeness (QED) is 0.768. The van der Waals surface area contributed by atoms with Gasteiger partial charge in [0.05, 0.1) is 6.20 Å². The molecule has 0 saturated carbocycles. The number of hydrogen-bond donors (Lipinski definition) is 2. The Balaban J connectivity index is 1.84. The molecule has 0 radical (unpaired) electrons. The number of nitrogens with zero attached hydrogens (tertiary/aromatic N) is 1. The number of nitrogens with one attached hydrogen (secondary N) is 2. The molecule has 3 rings (SSSR count). The van der Waals surface area contributed by atoms with Gasteiger partial charge in [0.1, 0.15) is 11.8 Å². The van der Waals surface area contributed by atoms with E-state index in [0.717, 1.165) is 16.7 Å². The van der Waals surface area contributed by atoms with Gasteiger partial charge < -0.3 is 14.7 Å². The molecule has 20 heavy (non-hydrogen) atoms. The Bertz CT molecular complexity index is 757. The maximum atomic E-state index is 12.4. The number of aryl methyl sites for hydroxylation is 1. The van der Waals surface area contributed by atoms with Gasteiger partial charge in [-0.2, -0.15) is 0 Å². The van der Waals surface area contributed by atoms with Gasteiger partial charge in [-0.15, -0.1) is 0 Å². The van der Waals surface area contributed by atoms with Crippen LogP contribution in [0.15, 0.2) is 41.1 Å². The van der Waals surface area contributed by atoms with E-state index in [-0.39, 0.29) is 11.9 Å². The number of aromatic nitrogens is 2. The second-order valence-corrected chi connectivity index (χ2v) is 4.75. The molecule has 2 aromatic heterocycles. The summed E-state index contributed by atoms with van der Waals surface area (Å²) in [5, 5.41) is 3.80. The predicted molar refractivity (Wildman–Crippen MR) is 75.4 cm³/mol. The third-order valence-corrected chi connectivity index (χ3v) is 3.20. The first-order valence-corrected chi connectivity index (χ1v) is 6.44. The van der Waals surface area contributed by atoms with Crippen LogP contribution in [0.2, 0.25) is 0 Å². The second-order valence-electron chi connectivity index (χ2n) is 4.75. The van der Waals surface area contributed by atoms with Crippen LogP contribution in [0.5, 0.6) is 0 Å². The number of fused-ring (bicyclic) bond motifs is 1. The summed E-state index contributed by atoms with van der Waals surface area (Å²) in [5.74, 6) is 1.10. The van der Waals surface area contributed by atoms with Gasteiger partial charge in [-0.05, 0) is 32.0 Å². The van der Waals surface area contributed by atoms with Crippen molar-refractivity contribution in [2.45, 2.75) is 19.9 Å². The number of H-pyrrole nitrogens is 1. The summed E-state index contributed by atoms with van der Waals surface area (Å²) >= 11 is 0.